The minimum atomic E-state index is -0.713. The molecule has 0 radical (unpaired) electrons. The fourth-order valence-corrected chi connectivity index (χ4v) is 1.68. The minimum absolute atomic E-state index is 0.0335. The van der Waals surface area contributed by atoms with E-state index in [2.05, 4.69) is 0 Å². The SMILES string of the molecule is NC(=O)c1cc([N+](=O)[O-])c(Cl)s1. The van der Waals surface area contributed by atoms with Crippen LogP contribution in [0, 0.1) is 10.1 Å². The quantitative estimate of drug-likeness (QED) is 0.586. The van der Waals surface area contributed by atoms with Crippen LogP contribution in [0.25, 0.3) is 0 Å². The highest BCUT2D eigenvalue weighted by Crippen LogP contribution is 2.33. The summed E-state index contributed by atoms with van der Waals surface area (Å²) >= 11 is 6.25. The Labute approximate surface area is 75.9 Å². The van der Waals surface area contributed by atoms with Gasteiger partial charge in [0.05, 0.1) is 4.92 Å². The van der Waals surface area contributed by atoms with Crippen LogP contribution in [-0.4, -0.2) is 10.8 Å². The van der Waals surface area contributed by atoms with Gasteiger partial charge in [-0.15, -0.1) is 11.3 Å². The predicted molar refractivity (Wildman–Crippen MR) is 44.5 cm³/mol. The van der Waals surface area contributed by atoms with Crippen LogP contribution in [0.5, 0.6) is 0 Å². The summed E-state index contributed by atoms with van der Waals surface area (Å²) in [5.41, 5.74) is 4.60. The molecule has 0 fully saturated rings. The molecule has 1 heterocycles. The van der Waals surface area contributed by atoms with Gasteiger partial charge >= 0.3 is 0 Å². The van der Waals surface area contributed by atoms with Gasteiger partial charge in [-0.1, -0.05) is 11.6 Å². The van der Waals surface area contributed by atoms with Crippen LogP contribution in [0.3, 0.4) is 0 Å². The molecule has 1 aromatic rings. The highest BCUT2D eigenvalue weighted by molar-refractivity contribution is 7.18. The minimum Gasteiger partial charge on any atom is -0.365 e. The molecular weight excluding hydrogens is 204 g/mol. The lowest BCUT2D eigenvalue weighted by Gasteiger charge is -1.82. The van der Waals surface area contributed by atoms with Gasteiger partial charge in [0.1, 0.15) is 4.88 Å². The van der Waals surface area contributed by atoms with Crippen molar-refractivity contribution in [3.8, 4) is 0 Å². The van der Waals surface area contributed by atoms with Crippen LogP contribution in [-0.2, 0) is 0 Å². The Balaban J connectivity index is 3.17. The Kier molecular flexibility index (Phi) is 2.30. The van der Waals surface area contributed by atoms with Gasteiger partial charge in [-0.3, -0.25) is 14.9 Å². The van der Waals surface area contributed by atoms with Crippen molar-refractivity contribution in [2.75, 3.05) is 0 Å². The number of hydrogen-bond acceptors (Lipinski definition) is 4. The molecule has 0 saturated carbocycles. The number of amides is 1. The summed E-state index contributed by atoms with van der Waals surface area (Å²) in [5.74, 6) is -0.713. The highest BCUT2D eigenvalue weighted by atomic mass is 35.5. The number of nitro groups is 1. The third-order valence-corrected chi connectivity index (χ3v) is 2.46. The number of hydrogen-bond donors (Lipinski definition) is 1. The summed E-state index contributed by atoms with van der Waals surface area (Å²) in [4.78, 5) is 20.2. The topological polar surface area (TPSA) is 86.2 Å². The first kappa shape index (κ1) is 8.95. The lowest BCUT2D eigenvalue weighted by molar-refractivity contribution is -0.384. The molecule has 0 aromatic carbocycles. The number of rotatable bonds is 2. The van der Waals surface area contributed by atoms with Crippen LogP contribution < -0.4 is 5.73 Å². The van der Waals surface area contributed by atoms with Crippen molar-refractivity contribution in [1.82, 2.24) is 0 Å². The second-order valence-corrected chi connectivity index (χ2v) is 3.55. The first-order valence-electron chi connectivity index (χ1n) is 2.76. The molecule has 12 heavy (non-hydrogen) atoms. The van der Waals surface area contributed by atoms with Crippen LogP contribution in [0.2, 0.25) is 4.34 Å². The summed E-state index contributed by atoms with van der Waals surface area (Å²) in [6, 6.07) is 1.06. The molecule has 5 nitrogen and oxygen atoms in total. The van der Waals surface area contributed by atoms with Gasteiger partial charge < -0.3 is 5.73 Å². The smallest absolute Gasteiger partial charge is 0.299 e. The van der Waals surface area contributed by atoms with Crippen molar-refractivity contribution in [3.05, 3.63) is 25.4 Å². The molecule has 0 unspecified atom stereocenters. The fourth-order valence-electron chi connectivity index (χ4n) is 0.605. The molecule has 0 bridgehead atoms. The van der Waals surface area contributed by atoms with Crippen molar-refractivity contribution < 1.29 is 9.72 Å². The van der Waals surface area contributed by atoms with E-state index in [4.69, 9.17) is 17.3 Å². The molecule has 64 valence electrons. The van der Waals surface area contributed by atoms with Crippen LogP contribution >= 0.6 is 22.9 Å². The van der Waals surface area contributed by atoms with Gasteiger partial charge in [0.2, 0.25) is 0 Å². The zero-order chi connectivity index (χ0) is 9.30. The third kappa shape index (κ3) is 1.54. The van der Waals surface area contributed by atoms with E-state index >= 15 is 0 Å². The Bertz CT molecular complexity index is 348. The summed E-state index contributed by atoms with van der Waals surface area (Å²) in [7, 11) is 0. The molecule has 0 aliphatic rings. The normalized spacial score (nSPS) is 9.75. The molecule has 0 saturated heterocycles. The molecule has 0 atom stereocenters. The van der Waals surface area contributed by atoms with Crippen molar-refractivity contribution in [2.45, 2.75) is 0 Å². The van der Waals surface area contributed by atoms with E-state index in [0.717, 1.165) is 17.4 Å². The van der Waals surface area contributed by atoms with Crippen molar-refractivity contribution >= 4 is 34.5 Å². The molecule has 0 spiro atoms. The monoisotopic (exact) mass is 206 g/mol. The number of carbonyl (C=O) groups is 1. The Hall–Kier alpha value is -1.14. The molecule has 2 N–H and O–H groups in total. The molecular formula is C5H3ClN2O3S. The van der Waals surface area contributed by atoms with E-state index in [9.17, 15) is 14.9 Å². The van der Waals surface area contributed by atoms with Crippen molar-refractivity contribution in [2.24, 2.45) is 5.73 Å². The number of primary amides is 1. The molecule has 1 rings (SSSR count). The van der Waals surface area contributed by atoms with Crippen molar-refractivity contribution in [1.29, 1.82) is 0 Å². The molecule has 1 aromatic heterocycles. The first-order valence-corrected chi connectivity index (χ1v) is 3.95. The highest BCUT2D eigenvalue weighted by Gasteiger charge is 2.19. The van der Waals surface area contributed by atoms with Gasteiger partial charge in [-0.2, -0.15) is 0 Å². The Morgan fingerprint density at radius 1 is 1.75 bits per heavy atom. The number of halogens is 1. The molecule has 0 aliphatic carbocycles. The van der Waals surface area contributed by atoms with Gasteiger partial charge in [0.25, 0.3) is 11.6 Å². The Morgan fingerprint density at radius 3 is 2.58 bits per heavy atom. The maximum absolute atomic E-state index is 10.5. The summed E-state index contributed by atoms with van der Waals surface area (Å²) in [5, 5.41) is 10.2. The molecule has 7 heteroatoms. The molecule has 0 aliphatic heterocycles. The van der Waals surface area contributed by atoms with Gasteiger partial charge in [0, 0.05) is 6.07 Å². The van der Waals surface area contributed by atoms with E-state index in [-0.39, 0.29) is 14.9 Å². The van der Waals surface area contributed by atoms with Gasteiger partial charge in [-0.05, 0) is 0 Å². The maximum Gasteiger partial charge on any atom is 0.299 e. The second-order valence-electron chi connectivity index (χ2n) is 1.89. The third-order valence-electron chi connectivity index (χ3n) is 1.11. The van der Waals surface area contributed by atoms with Gasteiger partial charge in [-0.25, -0.2) is 0 Å². The van der Waals surface area contributed by atoms with Crippen LogP contribution in [0.4, 0.5) is 5.69 Å². The predicted octanol–water partition coefficient (Wildman–Crippen LogP) is 1.41. The number of nitrogens with two attached hydrogens (primary N) is 1. The standard InChI is InChI=1S/C5H3ClN2O3S/c6-4-2(8(10)11)1-3(12-4)5(7)9/h1H,(H2,7,9). The lowest BCUT2D eigenvalue weighted by atomic mass is 10.4. The number of nitrogens with zero attached hydrogens (tertiary/aromatic N) is 1. The average molecular weight is 207 g/mol. The zero-order valence-corrected chi connectivity index (χ0v) is 7.19. The fraction of sp³-hybridized carbons (Fsp3) is 0. The average Bonchev–Trinajstić information content (AvgIpc) is 2.30. The van der Waals surface area contributed by atoms with Crippen LogP contribution in [0.1, 0.15) is 9.67 Å². The number of thiophene rings is 1. The van der Waals surface area contributed by atoms with E-state index in [1.807, 2.05) is 0 Å². The first-order chi connectivity index (χ1) is 5.52. The maximum atomic E-state index is 10.5. The summed E-state index contributed by atoms with van der Waals surface area (Å²) in [6.07, 6.45) is 0. The second kappa shape index (κ2) is 3.08. The number of carbonyl (C=O) groups excluding carboxylic acids is 1. The van der Waals surface area contributed by atoms with Crippen LogP contribution in [0.15, 0.2) is 6.07 Å². The summed E-state index contributed by atoms with van der Waals surface area (Å²) < 4.78 is -0.0335. The van der Waals surface area contributed by atoms with E-state index < -0.39 is 10.8 Å². The van der Waals surface area contributed by atoms with E-state index in [1.165, 1.54) is 0 Å². The van der Waals surface area contributed by atoms with E-state index in [0.29, 0.717) is 0 Å². The summed E-state index contributed by atoms with van der Waals surface area (Å²) in [6.45, 7) is 0. The lowest BCUT2D eigenvalue weighted by Crippen LogP contribution is -2.08. The van der Waals surface area contributed by atoms with Gasteiger partial charge in [0.15, 0.2) is 4.34 Å². The largest absolute Gasteiger partial charge is 0.365 e. The molecule has 1 amide bonds. The van der Waals surface area contributed by atoms with Crippen molar-refractivity contribution in [3.63, 3.8) is 0 Å². The van der Waals surface area contributed by atoms with E-state index in [1.54, 1.807) is 0 Å². The zero-order valence-electron chi connectivity index (χ0n) is 5.61. The Morgan fingerprint density at radius 2 is 2.33 bits per heavy atom.